The molecule has 1 aromatic heterocycles. The molecule has 0 radical (unpaired) electrons. The molecule has 0 bridgehead atoms. The Bertz CT molecular complexity index is 465. The number of amides is 1. The van der Waals surface area contributed by atoms with Crippen molar-refractivity contribution in [3.05, 3.63) is 24.0 Å². The summed E-state index contributed by atoms with van der Waals surface area (Å²) in [5.41, 5.74) is 1.56. The number of hydrogen-bond donors (Lipinski definition) is 1. The monoisotopic (exact) mass is 291 g/mol. The van der Waals surface area contributed by atoms with Crippen LogP contribution in [0.15, 0.2) is 18.5 Å². The van der Waals surface area contributed by atoms with Gasteiger partial charge in [0.1, 0.15) is 0 Å². The second-order valence-corrected chi connectivity index (χ2v) is 5.73. The number of carbonyl (C=O) groups excluding carboxylic acids is 1. The first-order valence-electron chi connectivity index (χ1n) is 7.68. The third-order valence-corrected chi connectivity index (χ3v) is 3.78. The molecule has 5 heteroatoms. The summed E-state index contributed by atoms with van der Waals surface area (Å²) in [5, 5.41) is 3.27. The highest BCUT2D eigenvalue weighted by Gasteiger charge is 2.22. The maximum absolute atomic E-state index is 12.5. The maximum Gasteiger partial charge on any atom is 0.255 e. The first kappa shape index (κ1) is 15.8. The number of ether oxygens (including phenoxy) is 1. The summed E-state index contributed by atoms with van der Waals surface area (Å²) in [4.78, 5) is 18.6. The molecule has 1 aliphatic heterocycles. The van der Waals surface area contributed by atoms with Gasteiger partial charge in [-0.1, -0.05) is 6.92 Å². The largest absolute Gasteiger partial charge is 0.385 e. The molecule has 21 heavy (non-hydrogen) atoms. The molecule has 1 N–H and O–H groups in total. The normalized spacial score (nSPS) is 18.6. The van der Waals surface area contributed by atoms with Crippen molar-refractivity contribution in [1.82, 2.24) is 9.88 Å². The lowest BCUT2D eigenvalue weighted by Crippen LogP contribution is -2.39. The number of piperidine rings is 1. The molecule has 1 aromatic rings. The molecular formula is C16H25N3O2. The van der Waals surface area contributed by atoms with Crippen LogP contribution in [0.25, 0.3) is 0 Å². The minimum atomic E-state index is 0.0922. The minimum absolute atomic E-state index is 0.0922. The molecule has 0 aromatic carbocycles. The molecule has 1 aliphatic rings. The molecule has 5 nitrogen and oxygen atoms in total. The third kappa shape index (κ3) is 4.70. The number of nitrogens with zero attached hydrogens (tertiary/aromatic N) is 2. The van der Waals surface area contributed by atoms with E-state index in [2.05, 4.69) is 17.2 Å². The fraction of sp³-hybridized carbons (Fsp3) is 0.625. The van der Waals surface area contributed by atoms with Crippen molar-refractivity contribution in [2.75, 3.05) is 38.7 Å². The van der Waals surface area contributed by atoms with Crippen LogP contribution < -0.4 is 5.32 Å². The first-order valence-corrected chi connectivity index (χ1v) is 7.68. The number of methoxy groups -OCH3 is 1. The average Bonchev–Trinajstić information content (AvgIpc) is 2.51. The Morgan fingerprint density at radius 2 is 2.38 bits per heavy atom. The lowest BCUT2D eigenvalue weighted by Gasteiger charge is -2.31. The quantitative estimate of drug-likeness (QED) is 0.818. The van der Waals surface area contributed by atoms with Crippen molar-refractivity contribution in [3.8, 4) is 0 Å². The molecule has 1 amide bonds. The topological polar surface area (TPSA) is 54.5 Å². The van der Waals surface area contributed by atoms with E-state index in [9.17, 15) is 4.79 Å². The van der Waals surface area contributed by atoms with Gasteiger partial charge in [0.2, 0.25) is 0 Å². The van der Waals surface area contributed by atoms with Crippen LogP contribution in [0.4, 0.5) is 5.69 Å². The van der Waals surface area contributed by atoms with E-state index >= 15 is 0 Å². The first-order chi connectivity index (χ1) is 10.2. The van der Waals surface area contributed by atoms with Crippen LogP contribution in [0, 0.1) is 5.92 Å². The van der Waals surface area contributed by atoms with Crippen LogP contribution in [0.5, 0.6) is 0 Å². The summed E-state index contributed by atoms with van der Waals surface area (Å²) in [6, 6.07) is 1.89. The van der Waals surface area contributed by atoms with Crippen LogP contribution in [-0.4, -0.2) is 49.1 Å². The second-order valence-electron chi connectivity index (χ2n) is 5.73. The molecular weight excluding hydrogens is 266 g/mol. The van der Waals surface area contributed by atoms with E-state index < -0.39 is 0 Å². The lowest BCUT2D eigenvalue weighted by molar-refractivity contribution is 0.0682. The van der Waals surface area contributed by atoms with Crippen molar-refractivity contribution >= 4 is 11.6 Å². The smallest absolute Gasteiger partial charge is 0.255 e. The number of hydrogen-bond acceptors (Lipinski definition) is 4. The Balaban J connectivity index is 1.94. The Labute approximate surface area is 126 Å². The van der Waals surface area contributed by atoms with Crippen LogP contribution in [0.3, 0.4) is 0 Å². The van der Waals surface area contributed by atoms with Gasteiger partial charge in [0, 0.05) is 45.7 Å². The fourth-order valence-corrected chi connectivity index (χ4v) is 2.66. The highest BCUT2D eigenvalue weighted by atomic mass is 16.5. The van der Waals surface area contributed by atoms with Gasteiger partial charge in [-0.15, -0.1) is 0 Å². The number of anilines is 1. The Morgan fingerprint density at radius 3 is 3.14 bits per heavy atom. The highest BCUT2D eigenvalue weighted by Crippen LogP contribution is 2.18. The van der Waals surface area contributed by atoms with Crippen molar-refractivity contribution in [2.24, 2.45) is 5.92 Å². The van der Waals surface area contributed by atoms with Gasteiger partial charge in [0.05, 0.1) is 11.3 Å². The number of rotatable bonds is 6. The van der Waals surface area contributed by atoms with E-state index in [0.29, 0.717) is 11.5 Å². The van der Waals surface area contributed by atoms with Gasteiger partial charge in [-0.05, 0) is 31.2 Å². The third-order valence-electron chi connectivity index (χ3n) is 3.78. The van der Waals surface area contributed by atoms with E-state index in [1.807, 2.05) is 11.0 Å². The van der Waals surface area contributed by atoms with Crippen LogP contribution in [-0.2, 0) is 4.74 Å². The van der Waals surface area contributed by atoms with E-state index in [-0.39, 0.29) is 5.91 Å². The molecule has 1 saturated heterocycles. The summed E-state index contributed by atoms with van der Waals surface area (Å²) in [6.07, 6.45) is 6.64. The maximum atomic E-state index is 12.5. The molecule has 1 fully saturated rings. The predicted octanol–water partition coefficient (Wildman–Crippen LogP) is 2.40. The number of pyridine rings is 1. The lowest BCUT2D eigenvalue weighted by atomic mass is 10.00. The summed E-state index contributed by atoms with van der Waals surface area (Å²) in [6.45, 7) is 5.45. The van der Waals surface area contributed by atoms with Gasteiger partial charge >= 0.3 is 0 Å². The van der Waals surface area contributed by atoms with Crippen molar-refractivity contribution in [3.63, 3.8) is 0 Å². The number of carbonyl (C=O) groups is 1. The average molecular weight is 291 g/mol. The molecule has 0 saturated carbocycles. The summed E-state index contributed by atoms with van der Waals surface area (Å²) < 4.78 is 5.01. The summed E-state index contributed by atoms with van der Waals surface area (Å²) in [7, 11) is 1.69. The van der Waals surface area contributed by atoms with Crippen molar-refractivity contribution < 1.29 is 9.53 Å². The second kappa shape index (κ2) is 7.98. The predicted molar refractivity (Wildman–Crippen MR) is 83.5 cm³/mol. The zero-order valence-electron chi connectivity index (χ0n) is 13.0. The standard InChI is InChI=1S/C16H25N3O2/c1-13-5-3-7-19(12-13)16(20)14-9-15(11-17-10-14)18-6-4-8-21-2/h9-11,13,18H,3-8,12H2,1-2H3. The molecule has 116 valence electrons. The zero-order chi connectivity index (χ0) is 15.1. The van der Waals surface area contributed by atoms with Gasteiger partial charge in [0.25, 0.3) is 5.91 Å². The van der Waals surface area contributed by atoms with Crippen LogP contribution in [0.2, 0.25) is 0 Å². The van der Waals surface area contributed by atoms with Crippen molar-refractivity contribution in [2.45, 2.75) is 26.2 Å². The Hall–Kier alpha value is -1.62. The van der Waals surface area contributed by atoms with Gasteiger partial charge in [-0.25, -0.2) is 0 Å². The fourth-order valence-electron chi connectivity index (χ4n) is 2.66. The summed E-state index contributed by atoms with van der Waals surface area (Å²) >= 11 is 0. The molecule has 1 atom stereocenters. The van der Waals surface area contributed by atoms with Gasteiger partial charge in [0.15, 0.2) is 0 Å². The van der Waals surface area contributed by atoms with E-state index in [0.717, 1.165) is 44.8 Å². The van der Waals surface area contributed by atoms with Crippen LogP contribution in [0.1, 0.15) is 36.5 Å². The Morgan fingerprint density at radius 1 is 1.52 bits per heavy atom. The molecule has 1 unspecified atom stereocenters. The number of aromatic nitrogens is 1. The summed E-state index contributed by atoms with van der Waals surface area (Å²) in [5.74, 6) is 0.681. The molecule has 2 rings (SSSR count). The number of likely N-dealkylation sites (tertiary alicyclic amines) is 1. The van der Waals surface area contributed by atoms with E-state index in [1.165, 1.54) is 6.42 Å². The SMILES string of the molecule is COCCCNc1cncc(C(=O)N2CCCC(C)C2)c1. The molecule has 2 heterocycles. The van der Waals surface area contributed by atoms with E-state index in [1.54, 1.807) is 19.5 Å². The van der Waals surface area contributed by atoms with Gasteiger partial charge in [-0.2, -0.15) is 0 Å². The Kier molecular flexibility index (Phi) is 5.99. The minimum Gasteiger partial charge on any atom is -0.385 e. The van der Waals surface area contributed by atoms with Gasteiger partial charge < -0.3 is 15.0 Å². The van der Waals surface area contributed by atoms with Crippen LogP contribution >= 0.6 is 0 Å². The van der Waals surface area contributed by atoms with E-state index in [4.69, 9.17) is 4.74 Å². The molecule has 0 aliphatic carbocycles. The number of nitrogens with one attached hydrogen (secondary N) is 1. The highest BCUT2D eigenvalue weighted by molar-refractivity contribution is 5.94. The molecule has 0 spiro atoms. The van der Waals surface area contributed by atoms with Gasteiger partial charge in [-0.3, -0.25) is 9.78 Å². The van der Waals surface area contributed by atoms with Crippen molar-refractivity contribution in [1.29, 1.82) is 0 Å². The zero-order valence-corrected chi connectivity index (χ0v) is 13.0.